The maximum Gasteiger partial charge on any atom is 1.00 e. The molecule has 130 valence electrons. The molecule has 25 heavy (non-hydrogen) atoms. The average Bonchev–Trinajstić information content (AvgIpc) is 2.57. The monoisotopic (exact) mass is 560 g/mol. The summed E-state index contributed by atoms with van der Waals surface area (Å²) in [5, 5.41) is 0. The molecule has 1 aliphatic heterocycles. The van der Waals surface area contributed by atoms with Gasteiger partial charge < -0.3 is 4.90 Å². The van der Waals surface area contributed by atoms with Crippen LogP contribution in [0.4, 0.5) is 0 Å². The van der Waals surface area contributed by atoms with Crippen LogP contribution in [0.15, 0.2) is 0 Å². The summed E-state index contributed by atoms with van der Waals surface area (Å²) < 4.78 is 0. The van der Waals surface area contributed by atoms with Crippen LogP contribution in [0.5, 0.6) is 0 Å². The topological polar surface area (TPSA) is 3.24 Å². The van der Waals surface area contributed by atoms with E-state index in [1.54, 1.807) is 0 Å². The first-order valence-electron chi connectivity index (χ1n) is 10.1. The molecule has 4 heteroatoms. The third kappa shape index (κ3) is 11.7. The molecule has 3 rings (SSSR count). The molecule has 1 spiro atoms. The summed E-state index contributed by atoms with van der Waals surface area (Å²) >= 11 is 0. The van der Waals surface area contributed by atoms with E-state index in [1.807, 2.05) is 13.8 Å². The first-order valence-corrected chi connectivity index (χ1v) is 10.1. The Morgan fingerprint density at radius 1 is 0.760 bits per heavy atom. The van der Waals surface area contributed by atoms with Crippen LogP contribution in [0.25, 0.3) is 0 Å². The number of rotatable bonds is 2. The van der Waals surface area contributed by atoms with Gasteiger partial charge in [-0.3, -0.25) is 13.1 Å². The largest absolute Gasteiger partial charge is 1.00 e. The SMILES string of the molecule is CC.CC1C[CH-]N(CC2CCC3(CCC(C)CC3)CC2)[CH-]C1.[Rb+].[Rb+].[Rb+]. The number of hydrogen-bond acceptors (Lipinski definition) is 1. The Kier molecular flexibility index (Phi) is 23.3. The van der Waals surface area contributed by atoms with Crippen molar-refractivity contribution >= 4 is 0 Å². The molecule has 3 aliphatic rings. The van der Waals surface area contributed by atoms with Gasteiger partial charge in [-0.2, -0.15) is 12.8 Å². The van der Waals surface area contributed by atoms with Gasteiger partial charge in [0, 0.05) is 0 Å². The van der Waals surface area contributed by atoms with E-state index in [4.69, 9.17) is 0 Å². The van der Waals surface area contributed by atoms with Gasteiger partial charge in [0.15, 0.2) is 0 Å². The van der Waals surface area contributed by atoms with E-state index in [-0.39, 0.29) is 175 Å². The number of likely N-dealkylation sites (tertiary alicyclic amines) is 1. The zero-order valence-corrected chi connectivity index (χ0v) is 33.4. The summed E-state index contributed by atoms with van der Waals surface area (Å²) in [6.45, 7) is 15.0. The molecule has 1 nitrogen and oxygen atoms in total. The van der Waals surface area contributed by atoms with Gasteiger partial charge in [-0.1, -0.05) is 53.0 Å². The molecule has 3 fully saturated rings. The summed E-state index contributed by atoms with van der Waals surface area (Å²) in [7, 11) is 0. The molecular formula is C21H39NRb3+. The van der Waals surface area contributed by atoms with Gasteiger partial charge in [0.2, 0.25) is 0 Å². The molecule has 0 bridgehead atoms. The zero-order valence-electron chi connectivity index (χ0n) is 18.6. The van der Waals surface area contributed by atoms with Crippen molar-refractivity contribution in [1.82, 2.24) is 4.90 Å². The van der Waals surface area contributed by atoms with Crippen molar-refractivity contribution in [2.45, 2.75) is 91.9 Å². The van der Waals surface area contributed by atoms with E-state index in [2.05, 4.69) is 31.8 Å². The van der Waals surface area contributed by atoms with Crippen molar-refractivity contribution < 1.29 is 175 Å². The van der Waals surface area contributed by atoms with E-state index >= 15 is 0 Å². The molecule has 0 atom stereocenters. The molecule has 0 aromatic heterocycles. The number of nitrogens with zero attached hydrogens (tertiary/aromatic N) is 1. The number of piperidine rings is 1. The van der Waals surface area contributed by atoms with Gasteiger partial charge >= 0.3 is 175 Å². The predicted octanol–water partition coefficient (Wildman–Crippen LogP) is -2.53. The molecule has 0 unspecified atom stereocenters. The van der Waals surface area contributed by atoms with E-state index in [9.17, 15) is 0 Å². The Morgan fingerprint density at radius 3 is 1.68 bits per heavy atom. The summed E-state index contributed by atoms with van der Waals surface area (Å²) in [5.41, 5.74) is 0.771. The van der Waals surface area contributed by atoms with Crippen molar-refractivity contribution in [3.05, 3.63) is 13.1 Å². The molecule has 0 radical (unpaired) electrons. The summed E-state index contributed by atoms with van der Waals surface area (Å²) in [4.78, 5) is 2.52. The van der Waals surface area contributed by atoms with Gasteiger partial charge in [0.1, 0.15) is 0 Å². The summed E-state index contributed by atoms with van der Waals surface area (Å²) in [6, 6.07) is 0. The van der Waals surface area contributed by atoms with Crippen LogP contribution in [0, 0.1) is 36.3 Å². The van der Waals surface area contributed by atoms with Gasteiger partial charge in [0.25, 0.3) is 0 Å². The third-order valence-electron chi connectivity index (χ3n) is 6.45. The van der Waals surface area contributed by atoms with E-state index in [0.29, 0.717) is 0 Å². The van der Waals surface area contributed by atoms with Crippen molar-refractivity contribution in [2.24, 2.45) is 23.2 Å². The molecule has 0 N–H and O–H groups in total. The fraction of sp³-hybridized carbons (Fsp3) is 0.905. The Labute approximate surface area is 306 Å². The van der Waals surface area contributed by atoms with Gasteiger partial charge in [0.05, 0.1) is 0 Å². The second-order valence-corrected chi connectivity index (χ2v) is 8.26. The second kappa shape index (κ2) is 17.9. The van der Waals surface area contributed by atoms with Crippen molar-refractivity contribution in [2.75, 3.05) is 6.54 Å². The molecule has 2 saturated carbocycles. The Morgan fingerprint density at radius 2 is 1.20 bits per heavy atom. The van der Waals surface area contributed by atoms with Crippen LogP contribution in [0.1, 0.15) is 91.9 Å². The van der Waals surface area contributed by atoms with Crippen LogP contribution >= 0.6 is 0 Å². The molecule has 1 heterocycles. The fourth-order valence-electron chi connectivity index (χ4n) is 4.60. The van der Waals surface area contributed by atoms with E-state index < -0.39 is 0 Å². The number of hydrogen-bond donors (Lipinski definition) is 0. The zero-order chi connectivity index (χ0) is 16.0. The standard InChI is InChI=1S/C19H33N.C2H6.3Rb/c1-16-3-9-19(10-4-16)11-5-18(6-12-19)15-20-13-7-17(2)8-14-20;1-2;;;/h13-14,16-18H,3-12,15H2,1-2H3;1-2H3;;;/q-2;;3*+1. The van der Waals surface area contributed by atoms with Crippen molar-refractivity contribution in [1.29, 1.82) is 0 Å². The van der Waals surface area contributed by atoms with Crippen LogP contribution < -0.4 is 175 Å². The van der Waals surface area contributed by atoms with E-state index in [1.165, 1.54) is 70.8 Å². The Bertz CT molecular complexity index is 298. The van der Waals surface area contributed by atoms with Crippen LogP contribution in [0.2, 0.25) is 0 Å². The predicted molar refractivity (Wildman–Crippen MR) is 97.1 cm³/mol. The molecule has 1 saturated heterocycles. The quantitative estimate of drug-likeness (QED) is 0.336. The van der Waals surface area contributed by atoms with Gasteiger partial charge in [-0.15, -0.1) is 0 Å². The minimum atomic E-state index is 0. The maximum absolute atomic E-state index is 2.52. The smallest absolute Gasteiger partial charge is 0.605 e. The fourth-order valence-corrected chi connectivity index (χ4v) is 4.60. The molecule has 2 aliphatic carbocycles. The molecule has 0 aromatic carbocycles. The second-order valence-electron chi connectivity index (χ2n) is 8.26. The normalized spacial score (nSPS) is 33.1. The Hall–Kier alpha value is 5.38. The van der Waals surface area contributed by atoms with E-state index in [0.717, 1.165) is 23.2 Å². The minimum absolute atomic E-state index is 0. The summed E-state index contributed by atoms with van der Waals surface area (Å²) in [5.74, 6) is 2.82. The molecule has 0 amide bonds. The van der Waals surface area contributed by atoms with Gasteiger partial charge in [-0.05, 0) is 55.8 Å². The summed E-state index contributed by atoms with van der Waals surface area (Å²) in [6.07, 6.45) is 14.6. The maximum atomic E-state index is 2.52. The first kappa shape index (κ1) is 32.6. The first-order chi connectivity index (χ1) is 10.7. The van der Waals surface area contributed by atoms with Crippen LogP contribution in [-0.4, -0.2) is 11.4 Å². The van der Waals surface area contributed by atoms with Crippen molar-refractivity contribution in [3.63, 3.8) is 0 Å². The van der Waals surface area contributed by atoms with Gasteiger partial charge in [-0.25, -0.2) is 0 Å². The van der Waals surface area contributed by atoms with Crippen LogP contribution in [0.3, 0.4) is 0 Å². The Balaban J connectivity index is 0. The van der Waals surface area contributed by atoms with Crippen molar-refractivity contribution in [3.8, 4) is 0 Å². The average molecular weight is 562 g/mol. The molecule has 0 aromatic rings. The van der Waals surface area contributed by atoms with Crippen LogP contribution in [-0.2, 0) is 0 Å². The molecular weight excluding hydrogens is 523 g/mol. The minimum Gasteiger partial charge on any atom is -0.605 e. The third-order valence-corrected chi connectivity index (χ3v) is 6.45.